The average molecular weight is 436 g/mol. The third-order valence-electron chi connectivity index (χ3n) is 6.17. The molecule has 7 nitrogen and oxygen atoms in total. The van der Waals surface area contributed by atoms with E-state index in [1.54, 1.807) is 14.2 Å². The van der Waals surface area contributed by atoms with Crippen LogP contribution in [0.5, 0.6) is 5.75 Å². The monoisotopic (exact) mass is 435 g/mol. The first kappa shape index (κ1) is 22.0. The van der Waals surface area contributed by atoms with Crippen LogP contribution in [-0.2, 0) is 17.9 Å². The van der Waals surface area contributed by atoms with Crippen molar-refractivity contribution in [1.82, 2.24) is 15.5 Å². The van der Waals surface area contributed by atoms with Gasteiger partial charge in [-0.2, -0.15) is 0 Å². The van der Waals surface area contributed by atoms with Gasteiger partial charge >= 0.3 is 0 Å². The van der Waals surface area contributed by atoms with E-state index in [1.807, 2.05) is 23.1 Å². The van der Waals surface area contributed by atoms with Crippen molar-refractivity contribution in [3.05, 3.63) is 59.7 Å². The Morgan fingerprint density at radius 3 is 2.78 bits per heavy atom. The highest BCUT2D eigenvalue weighted by Crippen LogP contribution is 2.30. The van der Waals surface area contributed by atoms with Gasteiger partial charge in [-0.05, 0) is 36.1 Å². The Kier molecular flexibility index (Phi) is 7.14. The van der Waals surface area contributed by atoms with Gasteiger partial charge in [0, 0.05) is 52.2 Å². The van der Waals surface area contributed by atoms with Crippen LogP contribution in [0, 0.1) is 0 Å². The third-order valence-corrected chi connectivity index (χ3v) is 6.17. The summed E-state index contributed by atoms with van der Waals surface area (Å²) < 4.78 is 5.52. The summed E-state index contributed by atoms with van der Waals surface area (Å²) in [7, 11) is 3.52. The fourth-order valence-corrected chi connectivity index (χ4v) is 4.49. The van der Waals surface area contributed by atoms with E-state index in [-0.39, 0.29) is 5.91 Å². The van der Waals surface area contributed by atoms with Crippen LogP contribution in [0.25, 0.3) is 0 Å². The number of ether oxygens (including phenoxy) is 1. The van der Waals surface area contributed by atoms with Gasteiger partial charge in [-0.1, -0.05) is 36.4 Å². The number of nitrogens with one attached hydrogen (secondary N) is 2. The summed E-state index contributed by atoms with van der Waals surface area (Å²) in [5.41, 5.74) is 3.49. The molecule has 1 atom stereocenters. The van der Waals surface area contributed by atoms with Crippen LogP contribution in [0.4, 0.5) is 5.69 Å². The number of amides is 1. The SMILES string of the molecule is CN=C(NCc1cccc(CN2CCCC2=O)c1)NC1CCN(c2ccccc2OC)C1. The van der Waals surface area contributed by atoms with Crippen molar-refractivity contribution in [3.8, 4) is 5.75 Å². The molecule has 7 heteroatoms. The molecule has 2 N–H and O–H groups in total. The molecule has 2 saturated heterocycles. The molecule has 1 unspecified atom stereocenters. The lowest BCUT2D eigenvalue weighted by molar-refractivity contribution is -0.128. The molecule has 2 aromatic carbocycles. The van der Waals surface area contributed by atoms with Crippen molar-refractivity contribution >= 4 is 17.6 Å². The number of rotatable bonds is 7. The Labute approximate surface area is 190 Å². The highest BCUT2D eigenvalue weighted by atomic mass is 16.5. The minimum absolute atomic E-state index is 0.261. The van der Waals surface area contributed by atoms with Crippen LogP contribution in [0.1, 0.15) is 30.4 Å². The smallest absolute Gasteiger partial charge is 0.222 e. The predicted molar refractivity (Wildman–Crippen MR) is 128 cm³/mol. The molecule has 170 valence electrons. The molecule has 0 radical (unpaired) electrons. The van der Waals surface area contributed by atoms with E-state index in [1.165, 1.54) is 11.1 Å². The normalized spacial score (nSPS) is 18.9. The summed E-state index contributed by atoms with van der Waals surface area (Å²) in [6.45, 7) is 4.13. The van der Waals surface area contributed by atoms with E-state index in [4.69, 9.17) is 4.74 Å². The first-order chi connectivity index (χ1) is 15.7. The third kappa shape index (κ3) is 5.33. The summed E-state index contributed by atoms with van der Waals surface area (Å²) in [5, 5.41) is 6.99. The number of anilines is 1. The Hall–Kier alpha value is -3.22. The zero-order valence-corrected chi connectivity index (χ0v) is 19.0. The minimum Gasteiger partial charge on any atom is -0.495 e. The van der Waals surface area contributed by atoms with Gasteiger partial charge in [0.2, 0.25) is 5.91 Å². The summed E-state index contributed by atoms with van der Waals surface area (Å²) >= 11 is 0. The van der Waals surface area contributed by atoms with Gasteiger partial charge in [-0.25, -0.2) is 0 Å². The molecule has 32 heavy (non-hydrogen) atoms. The second-order valence-electron chi connectivity index (χ2n) is 8.41. The molecule has 0 aromatic heterocycles. The lowest BCUT2D eigenvalue weighted by Crippen LogP contribution is -2.44. The summed E-state index contributed by atoms with van der Waals surface area (Å²) in [6.07, 6.45) is 2.69. The number of benzene rings is 2. The molecule has 2 aliphatic rings. The topological polar surface area (TPSA) is 69.2 Å². The maximum absolute atomic E-state index is 11.9. The first-order valence-electron chi connectivity index (χ1n) is 11.4. The number of para-hydroxylation sites is 2. The molecular weight excluding hydrogens is 402 g/mol. The molecule has 1 amide bonds. The quantitative estimate of drug-likeness (QED) is 0.517. The van der Waals surface area contributed by atoms with Crippen LogP contribution in [0.15, 0.2) is 53.5 Å². The van der Waals surface area contributed by atoms with Crippen LogP contribution < -0.4 is 20.3 Å². The highest BCUT2D eigenvalue weighted by Gasteiger charge is 2.25. The van der Waals surface area contributed by atoms with Crippen LogP contribution in [0.3, 0.4) is 0 Å². The molecule has 0 bridgehead atoms. The van der Waals surface area contributed by atoms with Crippen molar-refractivity contribution in [3.63, 3.8) is 0 Å². The van der Waals surface area contributed by atoms with Crippen LogP contribution in [0.2, 0.25) is 0 Å². The fraction of sp³-hybridized carbons (Fsp3) is 0.440. The number of carbonyl (C=O) groups is 1. The van der Waals surface area contributed by atoms with Crippen molar-refractivity contribution in [2.24, 2.45) is 4.99 Å². The van der Waals surface area contributed by atoms with Crippen molar-refractivity contribution in [2.75, 3.05) is 38.7 Å². The number of methoxy groups -OCH3 is 1. The van der Waals surface area contributed by atoms with E-state index in [2.05, 4.69) is 50.9 Å². The number of carbonyl (C=O) groups excluding carboxylic acids is 1. The fourth-order valence-electron chi connectivity index (χ4n) is 4.49. The lowest BCUT2D eigenvalue weighted by atomic mass is 10.1. The zero-order chi connectivity index (χ0) is 22.3. The number of nitrogens with zero attached hydrogens (tertiary/aromatic N) is 3. The summed E-state index contributed by atoms with van der Waals surface area (Å²) in [4.78, 5) is 20.6. The standard InChI is InChI=1S/C25H33N5O2/c1-26-25(28-21-12-14-29(18-21)22-9-3-4-10-23(22)32-2)27-16-19-7-5-8-20(15-19)17-30-13-6-11-24(30)31/h3-5,7-10,15,21H,6,11-14,16-18H2,1-2H3,(H2,26,27,28). The molecule has 4 rings (SSSR count). The zero-order valence-electron chi connectivity index (χ0n) is 19.0. The number of guanidine groups is 1. The Morgan fingerprint density at radius 1 is 1.16 bits per heavy atom. The Bertz CT molecular complexity index is 961. The Balaban J connectivity index is 1.29. The first-order valence-corrected chi connectivity index (χ1v) is 11.4. The van der Waals surface area contributed by atoms with Crippen LogP contribution in [-0.4, -0.2) is 56.6 Å². The molecule has 0 saturated carbocycles. The molecule has 2 aliphatic heterocycles. The lowest BCUT2D eigenvalue weighted by Gasteiger charge is -2.22. The molecule has 2 heterocycles. The maximum atomic E-state index is 11.9. The van der Waals surface area contributed by atoms with Crippen molar-refractivity contribution in [1.29, 1.82) is 0 Å². The van der Waals surface area contributed by atoms with Crippen molar-refractivity contribution < 1.29 is 9.53 Å². The van der Waals surface area contributed by atoms with Gasteiger partial charge in [0.05, 0.1) is 12.8 Å². The van der Waals surface area contributed by atoms with E-state index in [0.717, 1.165) is 49.9 Å². The van der Waals surface area contributed by atoms with Gasteiger partial charge in [-0.3, -0.25) is 9.79 Å². The van der Waals surface area contributed by atoms with Gasteiger partial charge in [0.1, 0.15) is 5.75 Å². The van der Waals surface area contributed by atoms with E-state index in [0.29, 0.717) is 25.6 Å². The summed E-state index contributed by atoms with van der Waals surface area (Å²) in [5.74, 6) is 1.97. The van der Waals surface area contributed by atoms with Crippen molar-refractivity contribution in [2.45, 2.75) is 38.4 Å². The largest absolute Gasteiger partial charge is 0.495 e. The van der Waals surface area contributed by atoms with E-state index in [9.17, 15) is 4.79 Å². The van der Waals surface area contributed by atoms with Gasteiger partial charge in [0.25, 0.3) is 0 Å². The minimum atomic E-state index is 0.261. The number of aliphatic imine (C=N–C) groups is 1. The molecule has 0 spiro atoms. The second kappa shape index (κ2) is 10.4. The highest BCUT2D eigenvalue weighted by molar-refractivity contribution is 5.80. The number of hydrogen-bond donors (Lipinski definition) is 2. The molecule has 2 fully saturated rings. The maximum Gasteiger partial charge on any atom is 0.222 e. The average Bonchev–Trinajstić information content (AvgIpc) is 3.45. The Morgan fingerprint density at radius 2 is 2.00 bits per heavy atom. The predicted octanol–water partition coefficient (Wildman–Crippen LogP) is 2.76. The van der Waals surface area contributed by atoms with Gasteiger partial charge in [-0.15, -0.1) is 0 Å². The van der Waals surface area contributed by atoms with Crippen LogP contribution >= 0.6 is 0 Å². The van der Waals surface area contributed by atoms with E-state index >= 15 is 0 Å². The molecule has 0 aliphatic carbocycles. The van der Waals surface area contributed by atoms with Gasteiger partial charge < -0.3 is 25.2 Å². The number of likely N-dealkylation sites (tertiary alicyclic amines) is 1. The van der Waals surface area contributed by atoms with E-state index < -0.39 is 0 Å². The summed E-state index contributed by atoms with van der Waals surface area (Å²) in [6, 6.07) is 16.9. The second-order valence-corrected chi connectivity index (χ2v) is 8.41. The number of hydrogen-bond acceptors (Lipinski definition) is 4. The molecular formula is C25H33N5O2. The van der Waals surface area contributed by atoms with Gasteiger partial charge in [0.15, 0.2) is 5.96 Å². The molecule has 2 aromatic rings.